The van der Waals surface area contributed by atoms with Crippen molar-refractivity contribution in [2.75, 3.05) is 19.6 Å². The molecule has 1 atom stereocenters. The second-order valence-electron chi connectivity index (χ2n) is 7.44. The average molecular weight is 413 g/mol. The third kappa shape index (κ3) is 4.16. The second kappa shape index (κ2) is 8.44. The summed E-state index contributed by atoms with van der Waals surface area (Å²) < 4.78 is 41.5. The first-order valence-electron chi connectivity index (χ1n) is 9.97. The number of carbonyl (C=O) groups excluding carboxylic acids is 1. The standard InChI is InChI=1S/C23H22F3N3O/c24-23(25,26)21-17-10-4-5-11-19(17)27-14-18(21)22(30)28-15-20(29-12-6-7-13-29)16-8-2-1-3-9-16/h1-5,8-11,14,20H,6-7,12-13,15H2,(H,28,30). The lowest BCUT2D eigenvalue weighted by Crippen LogP contribution is -2.37. The number of alkyl halides is 3. The highest BCUT2D eigenvalue weighted by atomic mass is 19.4. The Morgan fingerprint density at radius 1 is 1.03 bits per heavy atom. The van der Waals surface area contributed by atoms with Gasteiger partial charge in [-0.15, -0.1) is 0 Å². The van der Waals surface area contributed by atoms with E-state index >= 15 is 0 Å². The molecule has 0 bridgehead atoms. The Bertz CT molecular complexity index is 1030. The normalized spacial score (nSPS) is 16.0. The Morgan fingerprint density at radius 3 is 2.40 bits per heavy atom. The minimum Gasteiger partial charge on any atom is -0.350 e. The SMILES string of the molecule is O=C(NCC(c1ccccc1)N1CCCC1)c1cnc2ccccc2c1C(F)(F)F. The van der Waals surface area contributed by atoms with E-state index in [2.05, 4.69) is 15.2 Å². The molecule has 3 aromatic rings. The molecular weight excluding hydrogens is 391 g/mol. The molecule has 0 spiro atoms. The summed E-state index contributed by atoms with van der Waals surface area (Å²) in [6.45, 7) is 2.04. The number of rotatable bonds is 5. The maximum atomic E-state index is 13.8. The van der Waals surface area contributed by atoms with E-state index in [-0.39, 0.29) is 23.5 Å². The number of nitrogens with one attached hydrogen (secondary N) is 1. The molecule has 4 nitrogen and oxygen atoms in total. The van der Waals surface area contributed by atoms with E-state index < -0.39 is 23.2 Å². The molecule has 1 aliphatic rings. The van der Waals surface area contributed by atoms with Gasteiger partial charge in [-0.25, -0.2) is 0 Å². The number of hydrogen-bond acceptors (Lipinski definition) is 3. The van der Waals surface area contributed by atoms with Crippen molar-refractivity contribution in [2.24, 2.45) is 0 Å². The number of halogens is 3. The second-order valence-corrected chi connectivity index (χ2v) is 7.44. The molecule has 1 aliphatic heterocycles. The van der Waals surface area contributed by atoms with Crippen LogP contribution in [0.25, 0.3) is 10.9 Å². The molecule has 1 amide bonds. The molecule has 2 aromatic carbocycles. The molecule has 2 heterocycles. The van der Waals surface area contributed by atoms with E-state index in [1.54, 1.807) is 6.07 Å². The molecule has 1 aromatic heterocycles. The average Bonchev–Trinajstić information content (AvgIpc) is 3.27. The number of fused-ring (bicyclic) bond motifs is 1. The zero-order chi connectivity index (χ0) is 21.1. The topological polar surface area (TPSA) is 45.2 Å². The van der Waals surface area contributed by atoms with E-state index in [1.807, 2.05) is 30.3 Å². The fourth-order valence-corrected chi connectivity index (χ4v) is 4.09. The van der Waals surface area contributed by atoms with Gasteiger partial charge in [0, 0.05) is 18.1 Å². The highest BCUT2D eigenvalue weighted by molar-refractivity contribution is 6.00. The van der Waals surface area contributed by atoms with Crippen molar-refractivity contribution in [2.45, 2.75) is 25.1 Å². The van der Waals surface area contributed by atoms with Crippen LogP contribution in [0.5, 0.6) is 0 Å². The maximum absolute atomic E-state index is 13.8. The molecule has 1 fully saturated rings. The van der Waals surface area contributed by atoms with Gasteiger partial charge in [-0.05, 0) is 37.6 Å². The Balaban J connectivity index is 1.62. The van der Waals surface area contributed by atoms with Crippen LogP contribution in [0.4, 0.5) is 13.2 Å². The van der Waals surface area contributed by atoms with Gasteiger partial charge in [-0.2, -0.15) is 13.2 Å². The number of carbonyl (C=O) groups is 1. The molecule has 156 valence electrons. The largest absolute Gasteiger partial charge is 0.417 e. The van der Waals surface area contributed by atoms with Crippen LogP contribution in [0.1, 0.15) is 40.4 Å². The number of benzene rings is 2. The summed E-state index contributed by atoms with van der Waals surface area (Å²) in [5.74, 6) is -0.763. The van der Waals surface area contributed by atoms with Crippen LogP contribution < -0.4 is 5.32 Å². The van der Waals surface area contributed by atoms with E-state index in [4.69, 9.17) is 0 Å². The molecule has 1 unspecified atom stereocenters. The van der Waals surface area contributed by atoms with Gasteiger partial charge in [0.25, 0.3) is 5.91 Å². The maximum Gasteiger partial charge on any atom is 0.417 e. The lowest BCUT2D eigenvalue weighted by Gasteiger charge is -2.28. The fourth-order valence-electron chi connectivity index (χ4n) is 4.09. The Labute approximate surface area is 172 Å². The van der Waals surface area contributed by atoms with Crippen LogP contribution in [0, 0.1) is 0 Å². The number of pyridine rings is 1. The summed E-state index contributed by atoms with van der Waals surface area (Å²) >= 11 is 0. The summed E-state index contributed by atoms with van der Waals surface area (Å²) in [4.78, 5) is 19.2. The van der Waals surface area contributed by atoms with Gasteiger partial charge in [0.05, 0.1) is 22.7 Å². The Hall–Kier alpha value is -2.93. The van der Waals surface area contributed by atoms with Gasteiger partial charge in [0.15, 0.2) is 0 Å². The minimum absolute atomic E-state index is 0.0724. The van der Waals surface area contributed by atoms with Crippen molar-refractivity contribution in [1.29, 1.82) is 0 Å². The summed E-state index contributed by atoms with van der Waals surface area (Å²) in [6, 6.07) is 15.6. The Morgan fingerprint density at radius 2 is 1.70 bits per heavy atom. The van der Waals surface area contributed by atoms with Crippen LogP contribution in [0.15, 0.2) is 60.8 Å². The molecule has 0 saturated carbocycles. The molecule has 1 N–H and O–H groups in total. The van der Waals surface area contributed by atoms with E-state index in [1.165, 1.54) is 18.2 Å². The third-order valence-electron chi connectivity index (χ3n) is 5.53. The summed E-state index contributed by atoms with van der Waals surface area (Å²) in [7, 11) is 0. The van der Waals surface area contributed by atoms with Crippen LogP contribution in [0.2, 0.25) is 0 Å². The fraction of sp³-hybridized carbons (Fsp3) is 0.304. The van der Waals surface area contributed by atoms with E-state index in [0.717, 1.165) is 37.7 Å². The van der Waals surface area contributed by atoms with Gasteiger partial charge >= 0.3 is 6.18 Å². The first-order valence-corrected chi connectivity index (χ1v) is 9.97. The molecular formula is C23H22F3N3O. The zero-order valence-corrected chi connectivity index (χ0v) is 16.3. The van der Waals surface area contributed by atoms with E-state index in [0.29, 0.717) is 0 Å². The first kappa shape index (κ1) is 20.3. The monoisotopic (exact) mass is 413 g/mol. The van der Waals surface area contributed by atoms with Crippen molar-refractivity contribution >= 4 is 16.8 Å². The van der Waals surface area contributed by atoms with Crippen LogP contribution in [-0.4, -0.2) is 35.4 Å². The molecule has 0 radical (unpaired) electrons. The molecule has 30 heavy (non-hydrogen) atoms. The number of para-hydroxylation sites is 1. The zero-order valence-electron chi connectivity index (χ0n) is 16.3. The van der Waals surface area contributed by atoms with Gasteiger partial charge in [-0.3, -0.25) is 14.7 Å². The van der Waals surface area contributed by atoms with Gasteiger partial charge < -0.3 is 5.32 Å². The highest BCUT2D eigenvalue weighted by Crippen LogP contribution is 2.36. The lowest BCUT2D eigenvalue weighted by molar-refractivity contribution is -0.136. The van der Waals surface area contributed by atoms with Gasteiger partial charge in [-0.1, -0.05) is 48.5 Å². The predicted molar refractivity (Wildman–Crippen MR) is 109 cm³/mol. The number of aromatic nitrogens is 1. The molecule has 0 aliphatic carbocycles. The first-order chi connectivity index (χ1) is 14.4. The predicted octanol–water partition coefficient (Wildman–Crippen LogP) is 4.82. The van der Waals surface area contributed by atoms with Crippen molar-refractivity contribution in [3.05, 3.63) is 77.5 Å². The van der Waals surface area contributed by atoms with Gasteiger partial charge in [0.2, 0.25) is 0 Å². The van der Waals surface area contributed by atoms with Crippen LogP contribution >= 0.6 is 0 Å². The number of amides is 1. The summed E-state index contributed by atoms with van der Waals surface area (Å²) in [5.41, 5.74) is -0.148. The van der Waals surface area contributed by atoms with Gasteiger partial charge in [0.1, 0.15) is 0 Å². The van der Waals surface area contributed by atoms with Crippen molar-refractivity contribution in [1.82, 2.24) is 15.2 Å². The number of likely N-dealkylation sites (tertiary alicyclic amines) is 1. The molecule has 7 heteroatoms. The highest BCUT2D eigenvalue weighted by Gasteiger charge is 2.38. The van der Waals surface area contributed by atoms with Crippen LogP contribution in [0.3, 0.4) is 0 Å². The Kier molecular flexibility index (Phi) is 5.72. The number of nitrogens with zero attached hydrogens (tertiary/aromatic N) is 2. The van der Waals surface area contributed by atoms with Crippen LogP contribution in [-0.2, 0) is 6.18 Å². The molecule has 4 rings (SSSR count). The number of hydrogen-bond donors (Lipinski definition) is 1. The lowest BCUT2D eigenvalue weighted by atomic mass is 10.0. The quantitative estimate of drug-likeness (QED) is 0.652. The van der Waals surface area contributed by atoms with Crippen molar-refractivity contribution < 1.29 is 18.0 Å². The molecule has 1 saturated heterocycles. The smallest absolute Gasteiger partial charge is 0.350 e. The van der Waals surface area contributed by atoms with E-state index in [9.17, 15) is 18.0 Å². The van der Waals surface area contributed by atoms with Crippen molar-refractivity contribution in [3.63, 3.8) is 0 Å². The van der Waals surface area contributed by atoms with Crippen molar-refractivity contribution in [3.8, 4) is 0 Å². The third-order valence-corrected chi connectivity index (χ3v) is 5.53. The summed E-state index contributed by atoms with van der Waals surface area (Å²) in [5, 5.41) is 2.66. The minimum atomic E-state index is -4.66. The summed E-state index contributed by atoms with van der Waals surface area (Å²) in [6.07, 6.45) is -1.49.